The molecule has 1 amide bonds. The summed E-state index contributed by atoms with van der Waals surface area (Å²) in [6.07, 6.45) is -0.607. The summed E-state index contributed by atoms with van der Waals surface area (Å²) in [4.78, 5) is 14.0. The Morgan fingerprint density at radius 3 is 2.73 bits per heavy atom. The molecule has 1 heterocycles. The van der Waals surface area contributed by atoms with E-state index >= 15 is 0 Å². The van der Waals surface area contributed by atoms with Crippen LogP contribution in [0.5, 0.6) is 0 Å². The highest BCUT2D eigenvalue weighted by molar-refractivity contribution is 6.30. The molecule has 2 rings (SSSR count). The molecule has 0 unspecified atom stereocenters. The second-order valence-electron chi connectivity index (χ2n) is 5.54. The van der Waals surface area contributed by atoms with E-state index in [0.29, 0.717) is 30.1 Å². The van der Waals surface area contributed by atoms with E-state index < -0.39 is 11.7 Å². The van der Waals surface area contributed by atoms with E-state index in [-0.39, 0.29) is 25.6 Å². The lowest BCUT2D eigenvalue weighted by atomic mass is 9.89. The van der Waals surface area contributed by atoms with Crippen molar-refractivity contribution in [1.29, 1.82) is 0 Å². The normalized spacial score (nSPS) is 25.3. The average Bonchev–Trinajstić information content (AvgIpc) is 2.50. The molecule has 7 heteroatoms. The van der Waals surface area contributed by atoms with E-state index in [1.54, 1.807) is 24.3 Å². The van der Waals surface area contributed by atoms with Crippen molar-refractivity contribution in [1.82, 2.24) is 10.2 Å². The van der Waals surface area contributed by atoms with Gasteiger partial charge in [-0.2, -0.15) is 0 Å². The van der Waals surface area contributed by atoms with E-state index in [0.717, 1.165) is 0 Å². The minimum Gasteiger partial charge on any atom is -0.395 e. The number of piperidine rings is 1. The summed E-state index contributed by atoms with van der Waals surface area (Å²) in [5, 5.41) is 32.8. The number of carbonyl (C=O) groups excluding carboxylic acids is 1. The van der Waals surface area contributed by atoms with Gasteiger partial charge in [-0.1, -0.05) is 11.6 Å². The second kappa shape index (κ2) is 7.39. The van der Waals surface area contributed by atoms with Crippen LogP contribution in [0, 0.1) is 0 Å². The quantitative estimate of drug-likeness (QED) is 0.565. The third kappa shape index (κ3) is 3.97. The van der Waals surface area contributed by atoms with Crippen molar-refractivity contribution in [2.45, 2.75) is 18.1 Å². The molecule has 1 saturated heterocycles. The second-order valence-corrected chi connectivity index (χ2v) is 5.98. The van der Waals surface area contributed by atoms with Crippen molar-refractivity contribution >= 4 is 17.5 Å². The molecule has 0 radical (unpaired) electrons. The number of carbonyl (C=O) groups is 1. The predicted octanol–water partition coefficient (Wildman–Crippen LogP) is -0.140. The topological polar surface area (TPSA) is 93.0 Å². The molecule has 1 aromatic carbocycles. The van der Waals surface area contributed by atoms with Gasteiger partial charge in [0.25, 0.3) is 5.91 Å². The Labute approximate surface area is 134 Å². The van der Waals surface area contributed by atoms with Crippen LogP contribution < -0.4 is 5.32 Å². The number of hydrogen-bond donors (Lipinski definition) is 4. The maximum absolute atomic E-state index is 12.5. The molecule has 0 aromatic heterocycles. The molecule has 0 aliphatic carbocycles. The van der Waals surface area contributed by atoms with E-state index in [9.17, 15) is 15.0 Å². The smallest absolute Gasteiger partial charge is 0.253 e. The van der Waals surface area contributed by atoms with Gasteiger partial charge in [0.05, 0.1) is 19.3 Å². The first-order valence-electron chi connectivity index (χ1n) is 7.23. The summed E-state index contributed by atoms with van der Waals surface area (Å²) in [7, 11) is 0. The Morgan fingerprint density at radius 1 is 1.41 bits per heavy atom. The first kappa shape index (κ1) is 17.2. The standard InChI is InChI=1S/C15H21ClN2O4/c16-12-3-1-11(2-4-12)14(21)18-7-5-13(20)15(22,10-18)9-17-6-8-19/h1-4,13,17,19-20,22H,5-10H2/t13-,15+/m1/s1. The number of rotatable bonds is 5. The molecule has 1 aromatic rings. The van der Waals surface area contributed by atoms with Gasteiger partial charge in [-0.15, -0.1) is 0 Å². The highest BCUT2D eigenvalue weighted by Gasteiger charge is 2.42. The molecule has 0 spiro atoms. The number of benzene rings is 1. The summed E-state index contributed by atoms with van der Waals surface area (Å²) >= 11 is 5.81. The molecule has 4 N–H and O–H groups in total. The van der Waals surface area contributed by atoms with Crippen molar-refractivity contribution < 1.29 is 20.1 Å². The summed E-state index contributed by atoms with van der Waals surface area (Å²) in [5.74, 6) is -0.204. The van der Waals surface area contributed by atoms with Crippen molar-refractivity contribution in [2.75, 3.05) is 32.8 Å². The van der Waals surface area contributed by atoms with E-state index in [4.69, 9.17) is 16.7 Å². The Bertz CT molecular complexity index is 511. The van der Waals surface area contributed by atoms with Crippen molar-refractivity contribution in [3.63, 3.8) is 0 Å². The Balaban J connectivity index is 2.05. The number of β-amino-alcohol motifs (C(OH)–C–C–N with tert-alkyl or cyclic N) is 1. The summed E-state index contributed by atoms with van der Waals surface area (Å²) in [6, 6.07) is 6.56. The number of amides is 1. The SMILES string of the molecule is O=C(c1ccc(Cl)cc1)N1CC[C@@H](O)[C@](O)(CNCCO)C1. The largest absolute Gasteiger partial charge is 0.395 e. The average molecular weight is 329 g/mol. The first-order chi connectivity index (χ1) is 10.5. The fourth-order valence-electron chi connectivity index (χ4n) is 2.57. The van der Waals surface area contributed by atoms with E-state index in [2.05, 4.69) is 5.32 Å². The monoisotopic (exact) mass is 328 g/mol. The minimum atomic E-state index is -1.42. The number of nitrogens with one attached hydrogen (secondary N) is 1. The zero-order valence-electron chi connectivity index (χ0n) is 12.2. The lowest BCUT2D eigenvalue weighted by Gasteiger charge is -2.42. The summed E-state index contributed by atoms with van der Waals surface area (Å²) in [5.41, 5.74) is -0.929. The van der Waals surface area contributed by atoms with Crippen LogP contribution in [0.25, 0.3) is 0 Å². The van der Waals surface area contributed by atoms with Gasteiger partial charge in [0.2, 0.25) is 0 Å². The number of hydrogen-bond acceptors (Lipinski definition) is 5. The zero-order valence-corrected chi connectivity index (χ0v) is 13.0. The van der Waals surface area contributed by atoms with Gasteiger partial charge in [0.15, 0.2) is 0 Å². The van der Waals surface area contributed by atoms with E-state index in [1.165, 1.54) is 4.90 Å². The van der Waals surface area contributed by atoms with Gasteiger partial charge in [0, 0.05) is 30.2 Å². The van der Waals surface area contributed by atoms with Crippen LogP contribution in [0.1, 0.15) is 16.8 Å². The third-order valence-electron chi connectivity index (χ3n) is 3.86. The van der Waals surface area contributed by atoms with Crippen molar-refractivity contribution in [3.8, 4) is 0 Å². The lowest BCUT2D eigenvalue weighted by molar-refractivity contribution is -0.111. The molecule has 0 saturated carbocycles. The van der Waals surface area contributed by atoms with Gasteiger partial charge >= 0.3 is 0 Å². The minimum absolute atomic E-state index is 0.0358. The molecule has 1 fully saturated rings. The van der Waals surface area contributed by atoms with Crippen LogP contribution in [0.3, 0.4) is 0 Å². The number of halogens is 1. The molecule has 6 nitrogen and oxygen atoms in total. The Morgan fingerprint density at radius 2 is 2.09 bits per heavy atom. The molecule has 2 atom stereocenters. The van der Waals surface area contributed by atoms with Gasteiger partial charge in [-0.3, -0.25) is 4.79 Å². The number of aliphatic hydroxyl groups excluding tert-OH is 2. The molecule has 0 bridgehead atoms. The Kier molecular flexibility index (Phi) is 5.77. The fourth-order valence-corrected chi connectivity index (χ4v) is 2.69. The molecule has 22 heavy (non-hydrogen) atoms. The summed E-state index contributed by atoms with van der Waals surface area (Å²) in [6.45, 7) is 0.790. The van der Waals surface area contributed by atoms with E-state index in [1.807, 2.05) is 0 Å². The van der Waals surface area contributed by atoms with Crippen LogP contribution in [-0.4, -0.2) is 70.6 Å². The lowest BCUT2D eigenvalue weighted by Crippen LogP contribution is -2.62. The van der Waals surface area contributed by atoms with Gasteiger partial charge in [-0.25, -0.2) is 0 Å². The van der Waals surface area contributed by atoms with Crippen molar-refractivity contribution in [2.24, 2.45) is 0 Å². The third-order valence-corrected chi connectivity index (χ3v) is 4.11. The summed E-state index contributed by atoms with van der Waals surface area (Å²) < 4.78 is 0. The first-order valence-corrected chi connectivity index (χ1v) is 7.61. The number of aliphatic hydroxyl groups is 3. The van der Waals surface area contributed by atoms with Crippen LogP contribution >= 0.6 is 11.6 Å². The van der Waals surface area contributed by atoms with Crippen molar-refractivity contribution in [3.05, 3.63) is 34.9 Å². The molecule has 1 aliphatic rings. The maximum Gasteiger partial charge on any atom is 0.253 e. The van der Waals surface area contributed by atoms with Gasteiger partial charge in [-0.05, 0) is 30.7 Å². The molecule has 122 valence electrons. The van der Waals surface area contributed by atoms with Crippen LogP contribution in [0.15, 0.2) is 24.3 Å². The Hall–Kier alpha value is -1.18. The van der Waals surface area contributed by atoms with Crippen LogP contribution in [-0.2, 0) is 0 Å². The van der Waals surface area contributed by atoms with Crippen LogP contribution in [0.4, 0.5) is 0 Å². The molecular formula is C15H21ClN2O4. The maximum atomic E-state index is 12.5. The highest BCUT2D eigenvalue weighted by Crippen LogP contribution is 2.23. The zero-order chi connectivity index (χ0) is 16.2. The fraction of sp³-hybridized carbons (Fsp3) is 0.533. The van der Waals surface area contributed by atoms with Gasteiger partial charge in [0.1, 0.15) is 5.60 Å². The highest BCUT2D eigenvalue weighted by atomic mass is 35.5. The number of nitrogens with zero attached hydrogens (tertiary/aromatic N) is 1. The molecular weight excluding hydrogens is 308 g/mol. The van der Waals surface area contributed by atoms with Gasteiger partial charge < -0.3 is 25.5 Å². The number of likely N-dealkylation sites (tertiary alicyclic amines) is 1. The molecule has 1 aliphatic heterocycles. The van der Waals surface area contributed by atoms with Crippen LogP contribution in [0.2, 0.25) is 5.02 Å². The predicted molar refractivity (Wildman–Crippen MR) is 82.9 cm³/mol.